The Kier molecular flexibility index (Phi) is 3.88. The fraction of sp³-hybridized carbons (Fsp3) is 0.417. The van der Waals surface area contributed by atoms with E-state index in [0.29, 0.717) is 6.54 Å². The number of hydrogen-bond acceptors (Lipinski definition) is 5. The van der Waals surface area contributed by atoms with Gasteiger partial charge in [-0.2, -0.15) is 0 Å². The van der Waals surface area contributed by atoms with Crippen LogP contribution in [-0.4, -0.2) is 26.3 Å². The van der Waals surface area contributed by atoms with E-state index in [1.807, 2.05) is 23.6 Å². The fourth-order valence-corrected chi connectivity index (χ4v) is 1.76. The first-order valence-corrected chi connectivity index (χ1v) is 6.12. The topological polar surface area (TPSA) is 81.7 Å². The van der Waals surface area contributed by atoms with Gasteiger partial charge in [-0.3, -0.25) is 9.55 Å². The SMILES string of the molecule is CCNc1nnc(-c2ccc(CN)cn2)n1CC. The van der Waals surface area contributed by atoms with Gasteiger partial charge < -0.3 is 11.1 Å². The van der Waals surface area contributed by atoms with Crippen molar-refractivity contribution >= 4 is 5.95 Å². The molecule has 0 aliphatic rings. The van der Waals surface area contributed by atoms with Crippen molar-refractivity contribution in [2.24, 2.45) is 5.73 Å². The van der Waals surface area contributed by atoms with Crippen molar-refractivity contribution in [2.75, 3.05) is 11.9 Å². The number of nitrogens with one attached hydrogen (secondary N) is 1. The van der Waals surface area contributed by atoms with Crippen molar-refractivity contribution in [3.63, 3.8) is 0 Å². The molecule has 0 aromatic carbocycles. The van der Waals surface area contributed by atoms with Gasteiger partial charge >= 0.3 is 0 Å². The van der Waals surface area contributed by atoms with Crippen LogP contribution in [0.5, 0.6) is 0 Å². The van der Waals surface area contributed by atoms with Crippen LogP contribution in [0.1, 0.15) is 19.4 Å². The number of rotatable bonds is 5. The first-order chi connectivity index (χ1) is 8.80. The third-order valence-corrected chi connectivity index (χ3v) is 2.69. The summed E-state index contributed by atoms with van der Waals surface area (Å²) in [6.07, 6.45) is 1.77. The summed E-state index contributed by atoms with van der Waals surface area (Å²) in [7, 11) is 0. The molecule has 0 atom stereocenters. The number of pyridine rings is 1. The molecule has 3 N–H and O–H groups in total. The second kappa shape index (κ2) is 5.59. The molecule has 2 aromatic rings. The summed E-state index contributed by atoms with van der Waals surface area (Å²) in [4.78, 5) is 4.37. The highest BCUT2D eigenvalue weighted by Crippen LogP contribution is 2.18. The predicted octanol–water partition coefficient (Wildman–Crippen LogP) is 1.25. The Labute approximate surface area is 106 Å². The summed E-state index contributed by atoms with van der Waals surface area (Å²) in [5.74, 6) is 1.55. The molecule has 2 heterocycles. The predicted molar refractivity (Wildman–Crippen MR) is 71.0 cm³/mol. The molecule has 0 saturated carbocycles. The van der Waals surface area contributed by atoms with Gasteiger partial charge in [-0.1, -0.05) is 6.07 Å². The number of nitrogens with zero attached hydrogens (tertiary/aromatic N) is 4. The molecule has 96 valence electrons. The van der Waals surface area contributed by atoms with Crippen LogP contribution in [0.3, 0.4) is 0 Å². The highest BCUT2D eigenvalue weighted by molar-refractivity contribution is 5.52. The summed E-state index contributed by atoms with van der Waals surface area (Å²) in [5.41, 5.74) is 7.37. The van der Waals surface area contributed by atoms with Gasteiger partial charge in [-0.25, -0.2) is 0 Å². The lowest BCUT2D eigenvalue weighted by atomic mass is 10.2. The van der Waals surface area contributed by atoms with E-state index in [2.05, 4.69) is 27.4 Å². The van der Waals surface area contributed by atoms with E-state index >= 15 is 0 Å². The van der Waals surface area contributed by atoms with Gasteiger partial charge in [0.25, 0.3) is 0 Å². The zero-order valence-electron chi connectivity index (χ0n) is 10.7. The molecule has 0 spiro atoms. The minimum absolute atomic E-state index is 0.496. The highest BCUT2D eigenvalue weighted by atomic mass is 15.4. The Morgan fingerprint density at radius 3 is 2.67 bits per heavy atom. The van der Waals surface area contributed by atoms with Gasteiger partial charge in [0.1, 0.15) is 5.69 Å². The third kappa shape index (κ3) is 2.33. The zero-order chi connectivity index (χ0) is 13.0. The van der Waals surface area contributed by atoms with Crippen LogP contribution in [0.25, 0.3) is 11.5 Å². The number of nitrogens with two attached hydrogens (primary N) is 1. The van der Waals surface area contributed by atoms with Gasteiger partial charge in [0.15, 0.2) is 5.82 Å². The van der Waals surface area contributed by atoms with Crippen LogP contribution in [0, 0.1) is 0 Å². The molecule has 0 amide bonds. The molecule has 0 aliphatic carbocycles. The molecule has 2 rings (SSSR count). The average molecular weight is 246 g/mol. The molecule has 0 unspecified atom stereocenters. The van der Waals surface area contributed by atoms with Crippen LogP contribution < -0.4 is 11.1 Å². The van der Waals surface area contributed by atoms with E-state index < -0.39 is 0 Å². The van der Waals surface area contributed by atoms with Gasteiger partial charge in [0.05, 0.1) is 0 Å². The Balaban J connectivity index is 2.36. The normalized spacial score (nSPS) is 10.6. The van der Waals surface area contributed by atoms with Crippen molar-refractivity contribution in [1.82, 2.24) is 19.7 Å². The fourth-order valence-electron chi connectivity index (χ4n) is 1.76. The zero-order valence-corrected chi connectivity index (χ0v) is 10.7. The van der Waals surface area contributed by atoms with Gasteiger partial charge in [0, 0.05) is 25.8 Å². The second-order valence-electron chi connectivity index (χ2n) is 3.88. The molecule has 6 heteroatoms. The van der Waals surface area contributed by atoms with E-state index in [1.165, 1.54) is 0 Å². The van der Waals surface area contributed by atoms with E-state index in [4.69, 9.17) is 5.73 Å². The number of anilines is 1. The number of aromatic nitrogens is 4. The molecule has 0 saturated heterocycles. The lowest BCUT2D eigenvalue weighted by Gasteiger charge is -2.07. The molecular weight excluding hydrogens is 228 g/mol. The summed E-state index contributed by atoms with van der Waals surface area (Å²) < 4.78 is 2.01. The maximum Gasteiger partial charge on any atom is 0.224 e. The number of hydrogen-bond donors (Lipinski definition) is 2. The minimum atomic E-state index is 0.496. The molecule has 0 fully saturated rings. The maximum atomic E-state index is 5.56. The molecule has 0 aliphatic heterocycles. The van der Waals surface area contributed by atoms with Crippen molar-refractivity contribution in [2.45, 2.75) is 26.9 Å². The standard InChI is InChI=1S/C12H18N6/c1-3-14-12-17-16-11(18(12)4-2)10-6-5-9(7-13)8-15-10/h5-6,8H,3-4,7,13H2,1-2H3,(H,14,17). The van der Waals surface area contributed by atoms with Crippen molar-refractivity contribution < 1.29 is 0 Å². The minimum Gasteiger partial charge on any atom is -0.355 e. The Hall–Kier alpha value is -1.95. The molecule has 0 bridgehead atoms. The van der Waals surface area contributed by atoms with Crippen LogP contribution in [0.15, 0.2) is 18.3 Å². The van der Waals surface area contributed by atoms with Gasteiger partial charge in [-0.15, -0.1) is 10.2 Å². The Bertz CT molecular complexity index is 502. The van der Waals surface area contributed by atoms with Crippen LogP contribution in [0.2, 0.25) is 0 Å². The second-order valence-corrected chi connectivity index (χ2v) is 3.88. The maximum absolute atomic E-state index is 5.56. The van der Waals surface area contributed by atoms with Crippen molar-refractivity contribution in [3.05, 3.63) is 23.9 Å². The Morgan fingerprint density at radius 1 is 1.28 bits per heavy atom. The molecule has 6 nitrogen and oxygen atoms in total. The molecule has 0 radical (unpaired) electrons. The lowest BCUT2D eigenvalue weighted by Crippen LogP contribution is -2.07. The summed E-state index contributed by atoms with van der Waals surface area (Å²) >= 11 is 0. The third-order valence-electron chi connectivity index (χ3n) is 2.69. The van der Waals surface area contributed by atoms with E-state index in [-0.39, 0.29) is 0 Å². The van der Waals surface area contributed by atoms with E-state index in [1.54, 1.807) is 6.20 Å². The smallest absolute Gasteiger partial charge is 0.224 e. The van der Waals surface area contributed by atoms with Crippen molar-refractivity contribution in [3.8, 4) is 11.5 Å². The first-order valence-electron chi connectivity index (χ1n) is 6.12. The monoisotopic (exact) mass is 246 g/mol. The largest absolute Gasteiger partial charge is 0.355 e. The quantitative estimate of drug-likeness (QED) is 0.829. The molecular formula is C12H18N6. The van der Waals surface area contributed by atoms with Gasteiger partial charge in [0.2, 0.25) is 5.95 Å². The summed E-state index contributed by atoms with van der Waals surface area (Å²) in [6.45, 7) is 6.20. The van der Waals surface area contributed by atoms with Crippen LogP contribution >= 0.6 is 0 Å². The van der Waals surface area contributed by atoms with Crippen LogP contribution in [-0.2, 0) is 13.1 Å². The summed E-state index contributed by atoms with van der Waals surface area (Å²) in [5, 5.41) is 11.5. The van der Waals surface area contributed by atoms with Crippen LogP contribution in [0.4, 0.5) is 5.95 Å². The molecule has 2 aromatic heterocycles. The highest BCUT2D eigenvalue weighted by Gasteiger charge is 2.12. The molecule has 18 heavy (non-hydrogen) atoms. The van der Waals surface area contributed by atoms with E-state index in [0.717, 1.165) is 36.1 Å². The lowest BCUT2D eigenvalue weighted by molar-refractivity contribution is 0.767. The average Bonchev–Trinajstić information content (AvgIpc) is 2.82. The summed E-state index contributed by atoms with van der Waals surface area (Å²) in [6, 6.07) is 3.89. The van der Waals surface area contributed by atoms with E-state index in [9.17, 15) is 0 Å². The Morgan fingerprint density at radius 2 is 2.11 bits per heavy atom. The van der Waals surface area contributed by atoms with Crippen molar-refractivity contribution in [1.29, 1.82) is 0 Å². The first kappa shape index (κ1) is 12.5. The van der Waals surface area contributed by atoms with Gasteiger partial charge in [-0.05, 0) is 25.5 Å².